The lowest BCUT2D eigenvalue weighted by atomic mass is 10.0. The van der Waals surface area contributed by atoms with E-state index in [1.165, 1.54) is 43.5 Å². The molecule has 2 aliphatic heterocycles. The van der Waals surface area contributed by atoms with Crippen LogP contribution >= 0.6 is 0 Å². The lowest BCUT2D eigenvalue weighted by Gasteiger charge is -2.25. The van der Waals surface area contributed by atoms with Crippen molar-refractivity contribution in [3.8, 4) is 0 Å². The van der Waals surface area contributed by atoms with Gasteiger partial charge in [-0.25, -0.2) is 0 Å². The summed E-state index contributed by atoms with van der Waals surface area (Å²) in [7, 11) is 0. The van der Waals surface area contributed by atoms with Crippen LogP contribution in [0.5, 0.6) is 0 Å². The Morgan fingerprint density at radius 2 is 1.89 bits per heavy atom. The molecule has 0 radical (unpaired) electrons. The first-order valence-corrected chi connectivity index (χ1v) is 7.40. The molecule has 0 spiro atoms. The lowest BCUT2D eigenvalue weighted by Crippen LogP contribution is -2.35. The molecule has 0 amide bonds. The van der Waals surface area contributed by atoms with E-state index in [1.54, 1.807) is 0 Å². The topological polar surface area (TPSA) is 15.3 Å². The monoisotopic (exact) mass is 244 g/mol. The number of benzene rings is 1. The Balaban J connectivity index is 1.68. The molecule has 2 heteroatoms. The molecule has 2 bridgehead atoms. The predicted molar refractivity (Wildman–Crippen MR) is 75.7 cm³/mol. The molecule has 98 valence electrons. The average molecular weight is 244 g/mol. The molecule has 2 atom stereocenters. The second-order valence-corrected chi connectivity index (χ2v) is 5.78. The molecule has 2 aliphatic rings. The van der Waals surface area contributed by atoms with E-state index in [9.17, 15) is 0 Å². The molecule has 2 saturated heterocycles. The van der Waals surface area contributed by atoms with Gasteiger partial charge >= 0.3 is 0 Å². The van der Waals surface area contributed by atoms with Gasteiger partial charge in [-0.3, -0.25) is 4.90 Å². The Morgan fingerprint density at radius 1 is 1.11 bits per heavy atom. The average Bonchev–Trinajstić information content (AvgIpc) is 2.73. The molecule has 2 unspecified atom stereocenters. The van der Waals surface area contributed by atoms with Crippen LogP contribution in [-0.4, -0.2) is 30.1 Å². The van der Waals surface area contributed by atoms with Crippen LogP contribution in [0, 0.1) is 0 Å². The lowest BCUT2D eigenvalue weighted by molar-refractivity contribution is 0.250. The van der Waals surface area contributed by atoms with Crippen LogP contribution in [0.1, 0.15) is 37.3 Å². The Morgan fingerprint density at radius 3 is 2.72 bits per heavy atom. The van der Waals surface area contributed by atoms with Gasteiger partial charge in [-0.2, -0.15) is 0 Å². The van der Waals surface area contributed by atoms with Crippen LogP contribution in [0.15, 0.2) is 24.3 Å². The van der Waals surface area contributed by atoms with Crippen molar-refractivity contribution >= 4 is 0 Å². The number of nitrogens with zero attached hydrogens (tertiary/aromatic N) is 1. The van der Waals surface area contributed by atoms with Crippen LogP contribution in [0.2, 0.25) is 0 Å². The highest BCUT2D eigenvalue weighted by molar-refractivity contribution is 5.27. The second kappa shape index (κ2) is 5.41. The van der Waals surface area contributed by atoms with Crippen LogP contribution < -0.4 is 5.32 Å². The van der Waals surface area contributed by atoms with Gasteiger partial charge in [0, 0.05) is 31.7 Å². The minimum Gasteiger partial charge on any atom is -0.310 e. The fraction of sp³-hybridized carbons (Fsp3) is 0.625. The second-order valence-electron chi connectivity index (χ2n) is 5.78. The Hall–Kier alpha value is -0.860. The third kappa shape index (κ3) is 2.60. The molecule has 0 saturated carbocycles. The smallest absolute Gasteiger partial charge is 0.0237 e. The van der Waals surface area contributed by atoms with E-state index in [0.29, 0.717) is 0 Å². The molecule has 1 aromatic rings. The third-order valence-electron chi connectivity index (χ3n) is 4.50. The van der Waals surface area contributed by atoms with Crippen LogP contribution in [0.4, 0.5) is 0 Å². The number of fused-ring (bicyclic) bond motifs is 2. The highest BCUT2D eigenvalue weighted by atomic mass is 15.2. The number of rotatable bonds is 3. The zero-order valence-corrected chi connectivity index (χ0v) is 11.4. The van der Waals surface area contributed by atoms with E-state index in [0.717, 1.165) is 25.0 Å². The van der Waals surface area contributed by atoms with Crippen molar-refractivity contribution in [2.45, 2.75) is 51.2 Å². The summed E-state index contributed by atoms with van der Waals surface area (Å²) in [5, 5.41) is 3.76. The van der Waals surface area contributed by atoms with Crippen LogP contribution in [0.25, 0.3) is 0 Å². The van der Waals surface area contributed by atoms with Crippen molar-refractivity contribution in [3.63, 3.8) is 0 Å². The van der Waals surface area contributed by atoms with E-state index < -0.39 is 0 Å². The van der Waals surface area contributed by atoms with Crippen molar-refractivity contribution in [1.82, 2.24) is 10.2 Å². The predicted octanol–water partition coefficient (Wildman–Crippen LogP) is 2.58. The molecule has 18 heavy (non-hydrogen) atoms. The van der Waals surface area contributed by atoms with Gasteiger partial charge in [0.15, 0.2) is 0 Å². The first-order chi connectivity index (χ1) is 8.85. The van der Waals surface area contributed by atoms with Crippen molar-refractivity contribution < 1.29 is 0 Å². The van der Waals surface area contributed by atoms with E-state index in [-0.39, 0.29) is 0 Å². The summed E-state index contributed by atoms with van der Waals surface area (Å²) in [6.45, 7) is 5.88. The van der Waals surface area contributed by atoms with Gasteiger partial charge in [0.05, 0.1) is 0 Å². The fourth-order valence-electron chi connectivity index (χ4n) is 3.46. The van der Waals surface area contributed by atoms with Crippen molar-refractivity contribution in [3.05, 3.63) is 35.4 Å². The van der Waals surface area contributed by atoms with Crippen molar-refractivity contribution in [2.75, 3.05) is 13.1 Å². The van der Waals surface area contributed by atoms with Gasteiger partial charge in [-0.1, -0.05) is 31.2 Å². The standard InChI is InChI=1S/C16H24N2/c1-2-13-5-3-4-6-14(13)11-18-10-9-15-7-8-16(12-18)17-15/h3-6,15-17H,2,7-12H2,1H3. The van der Waals surface area contributed by atoms with Gasteiger partial charge in [0.2, 0.25) is 0 Å². The third-order valence-corrected chi connectivity index (χ3v) is 4.50. The highest BCUT2D eigenvalue weighted by Crippen LogP contribution is 2.22. The summed E-state index contributed by atoms with van der Waals surface area (Å²) in [5.74, 6) is 0. The Kier molecular flexibility index (Phi) is 3.67. The minimum absolute atomic E-state index is 0.742. The summed E-state index contributed by atoms with van der Waals surface area (Å²) in [6.07, 6.45) is 5.24. The normalized spacial score (nSPS) is 28.3. The minimum atomic E-state index is 0.742. The maximum absolute atomic E-state index is 3.76. The van der Waals surface area contributed by atoms with E-state index in [4.69, 9.17) is 0 Å². The van der Waals surface area contributed by atoms with E-state index in [2.05, 4.69) is 41.4 Å². The summed E-state index contributed by atoms with van der Waals surface area (Å²) >= 11 is 0. The largest absolute Gasteiger partial charge is 0.310 e. The van der Waals surface area contributed by atoms with E-state index in [1.807, 2.05) is 0 Å². The maximum Gasteiger partial charge on any atom is 0.0237 e. The van der Waals surface area contributed by atoms with Gasteiger partial charge in [0.25, 0.3) is 0 Å². The van der Waals surface area contributed by atoms with Crippen molar-refractivity contribution in [2.24, 2.45) is 0 Å². The zero-order chi connectivity index (χ0) is 12.4. The van der Waals surface area contributed by atoms with Gasteiger partial charge < -0.3 is 5.32 Å². The number of likely N-dealkylation sites (tertiary alicyclic amines) is 1. The number of hydrogen-bond donors (Lipinski definition) is 1. The molecule has 0 aromatic heterocycles. The number of nitrogens with one attached hydrogen (secondary N) is 1. The number of aryl methyl sites for hydroxylation is 1. The first-order valence-electron chi connectivity index (χ1n) is 7.40. The van der Waals surface area contributed by atoms with Crippen molar-refractivity contribution in [1.29, 1.82) is 0 Å². The molecular formula is C16H24N2. The maximum atomic E-state index is 3.76. The zero-order valence-electron chi connectivity index (χ0n) is 11.4. The van der Waals surface area contributed by atoms with E-state index >= 15 is 0 Å². The highest BCUT2D eigenvalue weighted by Gasteiger charge is 2.29. The van der Waals surface area contributed by atoms with Crippen LogP contribution in [-0.2, 0) is 13.0 Å². The molecular weight excluding hydrogens is 220 g/mol. The Labute approximate surface area is 110 Å². The summed E-state index contributed by atoms with van der Waals surface area (Å²) in [4.78, 5) is 2.64. The van der Waals surface area contributed by atoms with Gasteiger partial charge in [-0.05, 0) is 36.8 Å². The molecule has 1 N–H and O–H groups in total. The molecule has 3 rings (SSSR count). The summed E-state index contributed by atoms with van der Waals surface area (Å²) in [6, 6.07) is 10.4. The molecule has 2 nitrogen and oxygen atoms in total. The molecule has 0 aliphatic carbocycles. The SMILES string of the molecule is CCc1ccccc1CN1CCC2CCC(C1)N2. The first kappa shape index (κ1) is 12.2. The molecule has 2 heterocycles. The quantitative estimate of drug-likeness (QED) is 0.879. The van der Waals surface area contributed by atoms with Gasteiger partial charge in [0.1, 0.15) is 0 Å². The molecule has 2 fully saturated rings. The van der Waals surface area contributed by atoms with Crippen LogP contribution in [0.3, 0.4) is 0 Å². The Bertz CT molecular complexity index is 402. The van der Waals surface area contributed by atoms with Gasteiger partial charge in [-0.15, -0.1) is 0 Å². The molecule has 1 aromatic carbocycles. The summed E-state index contributed by atoms with van der Waals surface area (Å²) in [5.41, 5.74) is 3.04. The summed E-state index contributed by atoms with van der Waals surface area (Å²) < 4.78 is 0. The fourth-order valence-corrected chi connectivity index (χ4v) is 3.46. The number of hydrogen-bond acceptors (Lipinski definition) is 2.